The van der Waals surface area contributed by atoms with Crippen molar-refractivity contribution in [3.63, 3.8) is 0 Å². The molecule has 2 aromatic rings. The molecule has 4 N–H and O–H groups in total. The minimum atomic E-state index is -1.20. The highest BCUT2D eigenvalue weighted by molar-refractivity contribution is 5.94. The highest BCUT2D eigenvalue weighted by Crippen LogP contribution is 2.21. The van der Waals surface area contributed by atoms with E-state index >= 15 is 0 Å². The van der Waals surface area contributed by atoms with E-state index in [0.717, 1.165) is 11.4 Å². The van der Waals surface area contributed by atoms with E-state index in [4.69, 9.17) is 4.42 Å². The van der Waals surface area contributed by atoms with Crippen molar-refractivity contribution in [3.8, 4) is 0 Å². The van der Waals surface area contributed by atoms with Crippen molar-refractivity contribution in [1.82, 2.24) is 10.6 Å². The molecule has 0 radical (unpaired) electrons. The fourth-order valence-corrected chi connectivity index (χ4v) is 2.28. The minimum absolute atomic E-state index is 0.0355. The molecule has 26 heavy (non-hydrogen) atoms. The molecule has 1 aromatic heterocycles. The Labute approximate surface area is 153 Å². The van der Waals surface area contributed by atoms with Crippen molar-refractivity contribution in [2.45, 2.75) is 26.4 Å². The molecule has 1 amide bonds. The van der Waals surface area contributed by atoms with Gasteiger partial charge in [0.2, 0.25) is 5.91 Å². The lowest BCUT2D eigenvalue weighted by atomic mass is 10.0. The van der Waals surface area contributed by atoms with E-state index < -0.39 is 5.60 Å². The fourth-order valence-electron chi connectivity index (χ4n) is 2.28. The van der Waals surface area contributed by atoms with Gasteiger partial charge in [-0.25, -0.2) is 4.99 Å². The smallest absolute Gasteiger partial charge is 0.246 e. The molecular formula is C19H26N4O3. The highest BCUT2D eigenvalue weighted by Gasteiger charge is 2.27. The maximum absolute atomic E-state index is 12.0. The number of guanidine groups is 1. The average Bonchev–Trinajstić information content (AvgIpc) is 3.06. The van der Waals surface area contributed by atoms with Crippen LogP contribution in [0.3, 0.4) is 0 Å². The predicted octanol–water partition coefficient (Wildman–Crippen LogP) is 1.99. The van der Waals surface area contributed by atoms with Crippen molar-refractivity contribution in [1.29, 1.82) is 0 Å². The van der Waals surface area contributed by atoms with E-state index in [2.05, 4.69) is 20.9 Å². The molecular weight excluding hydrogens is 332 g/mol. The van der Waals surface area contributed by atoms with Crippen LogP contribution in [0.4, 0.5) is 5.69 Å². The molecule has 0 bridgehead atoms. The number of nitrogens with one attached hydrogen (secondary N) is 3. The normalized spacial score (nSPS) is 13.8. The number of carbonyl (C=O) groups excluding carboxylic acids is 1. The van der Waals surface area contributed by atoms with Gasteiger partial charge in [0, 0.05) is 12.2 Å². The zero-order chi connectivity index (χ0) is 19.0. The number of rotatable bonds is 7. The first-order chi connectivity index (χ1) is 12.4. The maximum atomic E-state index is 12.0. The van der Waals surface area contributed by atoms with Crippen LogP contribution in [0.1, 0.15) is 25.4 Å². The molecule has 7 heteroatoms. The van der Waals surface area contributed by atoms with Gasteiger partial charge >= 0.3 is 0 Å². The summed E-state index contributed by atoms with van der Waals surface area (Å²) in [5.41, 5.74) is -0.474. The van der Waals surface area contributed by atoms with Crippen molar-refractivity contribution >= 4 is 17.6 Å². The number of furan rings is 1. The van der Waals surface area contributed by atoms with Crippen LogP contribution in [0.15, 0.2) is 51.9 Å². The summed E-state index contributed by atoms with van der Waals surface area (Å²) >= 11 is 0. The van der Waals surface area contributed by atoms with E-state index in [1.54, 1.807) is 19.1 Å². The summed E-state index contributed by atoms with van der Waals surface area (Å²) in [6.45, 7) is 6.19. The monoisotopic (exact) mass is 358 g/mol. The number of benzene rings is 1. The lowest BCUT2D eigenvalue weighted by Crippen LogP contribution is -2.44. The van der Waals surface area contributed by atoms with Gasteiger partial charge in [-0.15, -0.1) is 0 Å². The van der Waals surface area contributed by atoms with E-state index in [1.165, 1.54) is 0 Å². The second kappa shape index (κ2) is 9.05. The number of hydrogen-bond acceptors (Lipinski definition) is 4. The van der Waals surface area contributed by atoms with Crippen LogP contribution in [-0.2, 0) is 10.4 Å². The number of nitrogens with zero attached hydrogens (tertiary/aromatic N) is 1. The topological polar surface area (TPSA) is 98.9 Å². The Bertz CT molecular complexity index is 738. The van der Waals surface area contributed by atoms with Gasteiger partial charge in [-0.3, -0.25) is 4.79 Å². The molecule has 0 fully saturated rings. The van der Waals surface area contributed by atoms with Gasteiger partial charge < -0.3 is 25.5 Å². The van der Waals surface area contributed by atoms with Gasteiger partial charge in [-0.05, 0) is 45.0 Å². The molecule has 7 nitrogen and oxygen atoms in total. The molecule has 140 valence electrons. The third-order valence-corrected chi connectivity index (χ3v) is 3.65. The first-order valence-electron chi connectivity index (χ1n) is 8.57. The Morgan fingerprint density at radius 2 is 1.92 bits per heavy atom. The first kappa shape index (κ1) is 19.5. The summed E-state index contributed by atoms with van der Waals surface area (Å²) in [7, 11) is 0. The van der Waals surface area contributed by atoms with Crippen LogP contribution >= 0.6 is 0 Å². The van der Waals surface area contributed by atoms with Gasteiger partial charge in [0.1, 0.15) is 23.7 Å². The predicted molar refractivity (Wildman–Crippen MR) is 102 cm³/mol. The van der Waals surface area contributed by atoms with Crippen LogP contribution in [-0.4, -0.2) is 36.6 Å². The number of anilines is 1. The second-order valence-electron chi connectivity index (χ2n) is 6.15. The van der Waals surface area contributed by atoms with Crippen LogP contribution in [0.5, 0.6) is 0 Å². The average molecular weight is 358 g/mol. The number of aliphatic hydroxyl groups is 1. The minimum Gasteiger partial charge on any atom is -0.463 e. The maximum Gasteiger partial charge on any atom is 0.246 e. The molecule has 1 unspecified atom stereocenters. The number of para-hydroxylation sites is 1. The number of aryl methyl sites for hydroxylation is 1. The summed E-state index contributed by atoms with van der Waals surface area (Å²) in [6, 6.07) is 12.8. The van der Waals surface area contributed by atoms with Crippen LogP contribution in [0.25, 0.3) is 0 Å². The summed E-state index contributed by atoms with van der Waals surface area (Å²) in [4.78, 5) is 16.3. The zero-order valence-corrected chi connectivity index (χ0v) is 15.4. The molecule has 0 aliphatic heterocycles. The highest BCUT2D eigenvalue weighted by atomic mass is 16.4. The van der Waals surface area contributed by atoms with Gasteiger partial charge in [-0.1, -0.05) is 18.2 Å². The third-order valence-electron chi connectivity index (χ3n) is 3.65. The summed E-state index contributed by atoms with van der Waals surface area (Å²) in [5, 5.41) is 19.4. The molecule has 0 aliphatic carbocycles. The lowest BCUT2D eigenvalue weighted by molar-refractivity contribution is -0.114. The van der Waals surface area contributed by atoms with Crippen molar-refractivity contribution in [3.05, 3.63) is 54.0 Å². The van der Waals surface area contributed by atoms with Gasteiger partial charge in [0.15, 0.2) is 5.96 Å². The van der Waals surface area contributed by atoms with Gasteiger partial charge in [0.25, 0.3) is 0 Å². The van der Waals surface area contributed by atoms with Crippen LogP contribution in [0, 0.1) is 6.92 Å². The van der Waals surface area contributed by atoms with Crippen LogP contribution in [0.2, 0.25) is 0 Å². The van der Waals surface area contributed by atoms with E-state index in [0.29, 0.717) is 18.3 Å². The van der Waals surface area contributed by atoms with Crippen molar-refractivity contribution in [2.24, 2.45) is 4.99 Å². The summed E-state index contributed by atoms with van der Waals surface area (Å²) < 4.78 is 5.49. The third kappa shape index (κ3) is 5.93. The van der Waals surface area contributed by atoms with E-state index in [-0.39, 0.29) is 19.0 Å². The fraction of sp³-hybridized carbons (Fsp3) is 0.368. The van der Waals surface area contributed by atoms with Crippen LogP contribution < -0.4 is 16.0 Å². The molecule has 2 rings (SSSR count). The Balaban J connectivity index is 1.92. The largest absolute Gasteiger partial charge is 0.463 e. The van der Waals surface area contributed by atoms with Gasteiger partial charge in [0.05, 0.1) is 6.54 Å². The molecule has 0 saturated heterocycles. The molecule has 0 spiro atoms. The SMILES string of the molecule is CCNC(=NCC(=O)Nc1ccccc1)NCC(C)(O)c1ccc(C)o1. The molecule has 0 saturated carbocycles. The molecule has 1 aromatic carbocycles. The Morgan fingerprint density at radius 1 is 1.19 bits per heavy atom. The van der Waals surface area contributed by atoms with Crippen molar-refractivity contribution in [2.75, 3.05) is 25.0 Å². The molecule has 0 aliphatic rings. The number of amides is 1. The zero-order valence-electron chi connectivity index (χ0n) is 15.4. The standard InChI is InChI=1S/C19H26N4O3/c1-4-20-18(21-12-17(24)23-15-8-6-5-7-9-15)22-13-19(3,25)16-11-10-14(2)26-16/h5-11,25H,4,12-13H2,1-3H3,(H,23,24)(H2,20,21,22). The van der Waals surface area contributed by atoms with E-state index in [9.17, 15) is 9.90 Å². The Morgan fingerprint density at radius 3 is 2.54 bits per heavy atom. The number of hydrogen-bond donors (Lipinski definition) is 4. The second-order valence-corrected chi connectivity index (χ2v) is 6.15. The van der Waals surface area contributed by atoms with Gasteiger partial charge in [-0.2, -0.15) is 0 Å². The number of carbonyl (C=O) groups is 1. The summed E-state index contributed by atoms with van der Waals surface area (Å²) in [5.74, 6) is 1.43. The molecule has 1 heterocycles. The lowest BCUT2D eigenvalue weighted by Gasteiger charge is -2.22. The quantitative estimate of drug-likeness (QED) is 0.448. The molecule has 1 atom stereocenters. The summed E-state index contributed by atoms with van der Waals surface area (Å²) in [6.07, 6.45) is 0. The Kier molecular flexibility index (Phi) is 6.80. The number of aliphatic imine (C=N–C) groups is 1. The Hall–Kier alpha value is -2.80. The van der Waals surface area contributed by atoms with Crippen molar-refractivity contribution < 1.29 is 14.3 Å². The van der Waals surface area contributed by atoms with E-state index in [1.807, 2.05) is 44.2 Å². The first-order valence-corrected chi connectivity index (χ1v) is 8.57.